The van der Waals surface area contributed by atoms with E-state index in [9.17, 15) is 29.4 Å². The molecule has 1 fully saturated rings. The SMILES string of the molecule is O=C(O)CN(CCOCCOc1cc2cc(C3NC(=S)NC3=S)oc2cc1N(CC(=O)O)CC(=O)O)CC(=O)O. The van der Waals surface area contributed by atoms with Crippen LogP contribution in [0.25, 0.3) is 11.0 Å². The quantitative estimate of drug-likeness (QED) is 0.105. The summed E-state index contributed by atoms with van der Waals surface area (Å²) in [5, 5.41) is 43.2. The van der Waals surface area contributed by atoms with Gasteiger partial charge in [0.25, 0.3) is 0 Å². The Labute approximate surface area is 237 Å². The summed E-state index contributed by atoms with van der Waals surface area (Å²) in [5.41, 5.74) is 0.483. The van der Waals surface area contributed by atoms with Gasteiger partial charge < -0.3 is 49.9 Å². The fraction of sp³-hybridized carbons (Fsp3) is 0.391. The number of carbonyl (C=O) groups is 4. The van der Waals surface area contributed by atoms with E-state index in [1.54, 1.807) is 12.1 Å². The first-order chi connectivity index (χ1) is 18.9. The van der Waals surface area contributed by atoms with Gasteiger partial charge in [0.05, 0.1) is 32.0 Å². The van der Waals surface area contributed by atoms with E-state index in [4.69, 9.17) is 48.5 Å². The standard InChI is InChI=1S/C23H26N4O11S2/c28-17(29)8-26(9-18(30)31)1-2-36-3-4-37-15-5-12-6-16(21-22(39)25-23(40)24-21)38-14(12)7-13(15)27(10-19(32)33)11-20(34)35/h5-7,21H,1-4,8-11H2,(H,28,29)(H,30,31)(H,32,33)(H,34,35)(H2,24,25,39,40). The first kappa shape index (κ1) is 30.5. The lowest BCUT2D eigenvalue weighted by Gasteiger charge is -2.23. The van der Waals surface area contributed by atoms with Gasteiger partial charge >= 0.3 is 23.9 Å². The Morgan fingerprint density at radius 2 is 1.50 bits per heavy atom. The zero-order valence-electron chi connectivity index (χ0n) is 20.8. The minimum Gasteiger partial charge on any atom is -0.489 e. The summed E-state index contributed by atoms with van der Waals surface area (Å²) >= 11 is 10.4. The van der Waals surface area contributed by atoms with Crippen LogP contribution in [0.4, 0.5) is 5.69 Å². The maximum Gasteiger partial charge on any atom is 0.323 e. The number of carboxylic acid groups (broad SMARTS) is 4. The molecule has 1 aliphatic rings. The van der Waals surface area contributed by atoms with Crippen molar-refractivity contribution >= 4 is 75.1 Å². The first-order valence-corrected chi connectivity index (χ1v) is 12.5. The molecule has 6 N–H and O–H groups in total. The minimum atomic E-state index is -1.26. The van der Waals surface area contributed by atoms with Crippen molar-refractivity contribution in [2.24, 2.45) is 0 Å². The van der Waals surface area contributed by atoms with Gasteiger partial charge in [-0.2, -0.15) is 0 Å². The molecule has 2 heterocycles. The Hall–Kier alpha value is -4.06. The molecular weight excluding hydrogens is 572 g/mol. The van der Waals surface area contributed by atoms with E-state index in [0.29, 0.717) is 26.8 Å². The molecule has 216 valence electrons. The number of thiocarbonyl (C=S) groups is 2. The Bertz CT molecular complexity index is 1280. The van der Waals surface area contributed by atoms with Gasteiger partial charge in [-0.05, 0) is 24.4 Å². The van der Waals surface area contributed by atoms with Crippen LogP contribution in [0.3, 0.4) is 0 Å². The van der Waals surface area contributed by atoms with Gasteiger partial charge in [0.1, 0.15) is 47.8 Å². The average Bonchev–Trinajstić information content (AvgIpc) is 3.40. The van der Waals surface area contributed by atoms with Gasteiger partial charge in [-0.25, -0.2) is 0 Å². The van der Waals surface area contributed by atoms with Crippen LogP contribution in [0.15, 0.2) is 22.6 Å². The van der Waals surface area contributed by atoms with Crippen molar-refractivity contribution in [1.29, 1.82) is 0 Å². The number of carboxylic acids is 4. The fourth-order valence-corrected chi connectivity index (χ4v) is 4.42. The summed E-state index contributed by atoms with van der Waals surface area (Å²) in [6.45, 7) is -2.14. The lowest BCUT2D eigenvalue weighted by Crippen LogP contribution is -2.37. The molecule has 0 radical (unpaired) electrons. The molecule has 3 rings (SSSR count). The Kier molecular flexibility index (Phi) is 10.5. The molecule has 1 atom stereocenters. The van der Waals surface area contributed by atoms with Crippen LogP contribution in [0.1, 0.15) is 11.8 Å². The predicted molar refractivity (Wildman–Crippen MR) is 146 cm³/mol. The summed E-state index contributed by atoms with van der Waals surface area (Å²) in [4.78, 5) is 47.4. The lowest BCUT2D eigenvalue weighted by molar-refractivity contribution is -0.142. The van der Waals surface area contributed by atoms with Gasteiger partial charge in [-0.15, -0.1) is 0 Å². The van der Waals surface area contributed by atoms with E-state index in [-0.39, 0.29) is 37.8 Å². The molecule has 2 aromatic rings. The zero-order chi connectivity index (χ0) is 29.4. The molecule has 1 aliphatic heterocycles. The van der Waals surface area contributed by atoms with Gasteiger partial charge in [-0.3, -0.25) is 24.1 Å². The molecule has 1 aromatic heterocycles. The lowest BCUT2D eigenvalue weighted by atomic mass is 10.1. The van der Waals surface area contributed by atoms with E-state index < -0.39 is 56.1 Å². The van der Waals surface area contributed by atoms with Crippen LogP contribution < -0.4 is 20.3 Å². The van der Waals surface area contributed by atoms with E-state index in [2.05, 4.69) is 10.6 Å². The summed E-state index contributed by atoms with van der Waals surface area (Å²) in [6.07, 6.45) is 0. The van der Waals surface area contributed by atoms with Crippen LogP contribution in [-0.2, 0) is 23.9 Å². The van der Waals surface area contributed by atoms with Crippen molar-refractivity contribution in [3.63, 3.8) is 0 Å². The van der Waals surface area contributed by atoms with Gasteiger partial charge in [0.15, 0.2) is 5.11 Å². The third-order valence-electron chi connectivity index (χ3n) is 5.42. The Morgan fingerprint density at radius 3 is 2.05 bits per heavy atom. The minimum absolute atomic E-state index is 0.0172. The van der Waals surface area contributed by atoms with Crippen LogP contribution >= 0.6 is 24.4 Å². The van der Waals surface area contributed by atoms with Crippen LogP contribution in [0.2, 0.25) is 0 Å². The summed E-state index contributed by atoms with van der Waals surface area (Å²) < 4.78 is 17.2. The molecule has 17 heteroatoms. The summed E-state index contributed by atoms with van der Waals surface area (Å²) in [6, 6.07) is 4.22. The number of ether oxygens (including phenoxy) is 2. The number of nitrogens with one attached hydrogen (secondary N) is 2. The molecule has 0 saturated carbocycles. The molecule has 0 aliphatic carbocycles. The van der Waals surface area contributed by atoms with Crippen molar-refractivity contribution in [2.45, 2.75) is 6.04 Å². The highest BCUT2D eigenvalue weighted by atomic mass is 32.1. The molecular formula is C23H26N4O11S2. The van der Waals surface area contributed by atoms with Crippen molar-refractivity contribution < 1.29 is 53.5 Å². The third-order valence-corrected chi connectivity index (χ3v) is 5.98. The molecule has 15 nitrogen and oxygen atoms in total. The fourth-order valence-electron chi connectivity index (χ4n) is 3.85. The number of aliphatic carboxylic acids is 4. The van der Waals surface area contributed by atoms with Crippen molar-refractivity contribution in [3.8, 4) is 5.75 Å². The maximum atomic E-state index is 11.5. The number of hydrogen-bond donors (Lipinski definition) is 6. The smallest absolute Gasteiger partial charge is 0.323 e. The number of benzene rings is 1. The summed E-state index contributed by atoms with van der Waals surface area (Å²) in [5.74, 6) is -4.28. The van der Waals surface area contributed by atoms with Crippen molar-refractivity contribution in [3.05, 3.63) is 24.0 Å². The second-order valence-electron chi connectivity index (χ2n) is 8.50. The van der Waals surface area contributed by atoms with Gasteiger partial charge in [-0.1, -0.05) is 12.2 Å². The van der Waals surface area contributed by atoms with Crippen LogP contribution in [0, 0.1) is 0 Å². The Balaban J connectivity index is 1.76. The normalized spacial score (nSPS) is 14.7. The second kappa shape index (κ2) is 13.8. The van der Waals surface area contributed by atoms with Crippen LogP contribution in [0.5, 0.6) is 5.75 Å². The van der Waals surface area contributed by atoms with E-state index in [1.165, 1.54) is 11.0 Å². The molecule has 0 amide bonds. The van der Waals surface area contributed by atoms with Gasteiger partial charge in [0.2, 0.25) is 0 Å². The Morgan fingerprint density at radius 1 is 0.875 bits per heavy atom. The maximum absolute atomic E-state index is 11.5. The highest BCUT2D eigenvalue weighted by Gasteiger charge is 2.29. The zero-order valence-corrected chi connectivity index (χ0v) is 22.5. The highest BCUT2D eigenvalue weighted by molar-refractivity contribution is 7.82. The number of hydrogen-bond acceptors (Lipinski definition) is 11. The number of nitrogens with zero attached hydrogens (tertiary/aromatic N) is 2. The molecule has 0 bridgehead atoms. The molecule has 1 unspecified atom stereocenters. The topological polar surface area (TPSA) is 211 Å². The number of furan rings is 1. The van der Waals surface area contributed by atoms with E-state index >= 15 is 0 Å². The molecule has 1 aromatic carbocycles. The second-order valence-corrected chi connectivity index (χ2v) is 9.35. The largest absolute Gasteiger partial charge is 0.489 e. The first-order valence-electron chi connectivity index (χ1n) is 11.7. The molecule has 1 saturated heterocycles. The third kappa shape index (κ3) is 8.73. The van der Waals surface area contributed by atoms with Crippen molar-refractivity contribution in [2.75, 3.05) is 57.4 Å². The van der Waals surface area contributed by atoms with Gasteiger partial charge in [0, 0.05) is 18.0 Å². The van der Waals surface area contributed by atoms with Crippen molar-refractivity contribution in [1.82, 2.24) is 15.5 Å². The predicted octanol–water partition coefficient (Wildman–Crippen LogP) is 0.121. The number of rotatable bonds is 17. The van der Waals surface area contributed by atoms with E-state index in [1.807, 2.05) is 0 Å². The number of anilines is 1. The highest BCUT2D eigenvalue weighted by Crippen LogP contribution is 2.36. The molecule has 40 heavy (non-hydrogen) atoms. The van der Waals surface area contributed by atoms with Crippen LogP contribution in [-0.4, -0.2) is 112 Å². The van der Waals surface area contributed by atoms with E-state index in [0.717, 1.165) is 4.90 Å². The summed E-state index contributed by atoms with van der Waals surface area (Å²) in [7, 11) is 0. The monoisotopic (exact) mass is 598 g/mol. The molecule has 0 spiro atoms. The number of fused-ring (bicyclic) bond motifs is 1. The average molecular weight is 599 g/mol.